The third-order valence-corrected chi connectivity index (χ3v) is 1.77. The summed E-state index contributed by atoms with van der Waals surface area (Å²) in [5.74, 6) is 0.232. The Hall–Kier alpha value is -0.600. The molecule has 0 aliphatic rings. The normalized spacial score (nSPS) is 10.2. The number of primary amides is 1. The van der Waals surface area contributed by atoms with Crippen LogP contribution in [-0.2, 0) is 16.2 Å². The summed E-state index contributed by atoms with van der Waals surface area (Å²) in [7, 11) is 0. The van der Waals surface area contributed by atoms with Crippen molar-refractivity contribution >= 4 is 28.5 Å². The minimum Gasteiger partial charge on any atom is -0.454 e. The predicted molar refractivity (Wildman–Crippen MR) is 53.4 cm³/mol. The van der Waals surface area contributed by atoms with Gasteiger partial charge in [0.25, 0.3) is 0 Å². The molecule has 6 heteroatoms. The first-order chi connectivity index (χ1) is 6.18. The van der Waals surface area contributed by atoms with Gasteiger partial charge in [0.05, 0.1) is 6.54 Å². The zero-order valence-electron chi connectivity index (χ0n) is 6.75. The largest absolute Gasteiger partial charge is 0.454 e. The fourth-order valence-corrected chi connectivity index (χ4v) is 1.15. The Morgan fingerprint density at radius 3 is 3.00 bits per heavy atom. The summed E-state index contributed by atoms with van der Waals surface area (Å²) < 4.78 is 6.03. The maximum Gasteiger partial charge on any atom is 0.245 e. The number of hydroxylamine groups is 1. The van der Waals surface area contributed by atoms with Gasteiger partial charge in [0.15, 0.2) is 3.77 Å². The van der Waals surface area contributed by atoms with E-state index < -0.39 is 5.91 Å². The molecule has 3 N–H and O–H groups in total. The van der Waals surface area contributed by atoms with Crippen LogP contribution in [0, 0.1) is 3.77 Å². The zero-order valence-corrected chi connectivity index (χ0v) is 8.91. The molecule has 0 unspecified atom stereocenters. The Morgan fingerprint density at radius 1 is 1.69 bits per heavy atom. The van der Waals surface area contributed by atoms with Gasteiger partial charge < -0.3 is 10.2 Å². The second kappa shape index (κ2) is 5.20. The number of hydrogen-bond donors (Lipinski definition) is 2. The third kappa shape index (κ3) is 4.25. The molecule has 0 radical (unpaired) electrons. The van der Waals surface area contributed by atoms with Crippen molar-refractivity contribution in [3.8, 4) is 0 Å². The number of rotatable bonds is 5. The number of hydrogen-bond acceptors (Lipinski definition) is 4. The number of nitrogens with two attached hydrogens (primary N) is 1. The van der Waals surface area contributed by atoms with Crippen LogP contribution in [0.5, 0.6) is 0 Å². The summed E-state index contributed by atoms with van der Waals surface area (Å²) in [4.78, 5) is 15.0. The first-order valence-electron chi connectivity index (χ1n) is 3.55. The van der Waals surface area contributed by atoms with Crippen molar-refractivity contribution in [2.24, 2.45) is 5.73 Å². The molecule has 5 nitrogen and oxygen atoms in total. The van der Waals surface area contributed by atoms with Gasteiger partial charge in [0.2, 0.25) is 5.91 Å². The van der Waals surface area contributed by atoms with E-state index in [9.17, 15) is 4.79 Å². The topological polar surface area (TPSA) is 77.5 Å². The molecular weight excluding hydrogens is 287 g/mol. The molecule has 0 aliphatic carbocycles. The second-order valence-electron chi connectivity index (χ2n) is 2.28. The summed E-state index contributed by atoms with van der Waals surface area (Å²) in [6, 6.07) is 3.66. The van der Waals surface area contributed by atoms with Crippen LogP contribution in [0.25, 0.3) is 0 Å². The van der Waals surface area contributed by atoms with Gasteiger partial charge in [-0.05, 0) is 34.7 Å². The number of carbonyl (C=O) groups is 1. The molecule has 1 heterocycles. The van der Waals surface area contributed by atoms with E-state index in [0.717, 1.165) is 9.53 Å². The SMILES string of the molecule is NC(=O)CONCc1ccc(I)o1. The third-order valence-electron chi connectivity index (χ3n) is 1.19. The van der Waals surface area contributed by atoms with E-state index in [1.54, 1.807) is 0 Å². The van der Waals surface area contributed by atoms with E-state index in [4.69, 9.17) is 15.0 Å². The van der Waals surface area contributed by atoms with Crippen LogP contribution in [0.15, 0.2) is 16.5 Å². The highest BCUT2D eigenvalue weighted by Crippen LogP contribution is 2.09. The maximum absolute atomic E-state index is 10.2. The van der Waals surface area contributed by atoms with Crippen molar-refractivity contribution in [1.29, 1.82) is 0 Å². The van der Waals surface area contributed by atoms with Gasteiger partial charge in [-0.1, -0.05) is 0 Å². The van der Waals surface area contributed by atoms with Gasteiger partial charge >= 0.3 is 0 Å². The van der Waals surface area contributed by atoms with Crippen molar-refractivity contribution in [3.05, 3.63) is 21.7 Å². The molecule has 0 aliphatic heterocycles. The van der Waals surface area contributed by atoms with Crippen LogP contribution in [0.2, 0.25) is 0 Å². The second-order valence-corrected chi connectivity index (χ2v) is 3.35. The van der Waals surface area contributed by atoms with Gasteiger partial charge in [-0.2, -0.15) is 5.48 Å². The van der Waals surface area contributed by atoms with Gasteiger partial charge in [-0.25, -0.2) is 0 Å². The van der Waals surface area contributed by atoms with Crippen LogP contribution in [0.3, 0.4) is 0 Å². The molecule has 0 saturated heterocycles. The smallest absolute Gasteiger partial charge is 0.245 e. The standard InChI is InChI=1S/C7H9IN2O3/c8-6-2-1-5(13-6)3-10-12-4-7(9)11/h1-2,10H,3-4H2,(H2,9,11). The van der Waals surface area contributed by atoms with Gasteiger partial charge in [-0.3, -0.25) is 9.63 Å². The molecule has 1 aromatic heterocycles. The van der Waals surface area contributed by atoms with Gasteiger partial charge in [-0.15, -0.1) is 0 Å². The van der Waals surface area contributed by atoms with Crippen LogP contribution in [0.4, 0.5) is 0 Å². The molecule has 0 spiro atoms. The number of nitrogens with one attached hydrogen (secondary N) is 1. The lowest BCUT2D eigenvalue weighted by molar-refractivity contribution is -0.125. The van der Waals surface area contributed by atoms with E-state index in [1.165, 1.54) is 0 Å². The Bertz CT molecular complexity index is 287. The highest BCUT2D eigenvalue weighted by atomic mass is 127. The molecule has 72 valence electrons. The van der Waals surface area contributed by atoms with E-state index in [1.807, 2.05) is 12.1 Å². The lowest BCUT2D eigenvalue weighted by atomic mass is 10.5. The predicted octanol–water partition coefficient (Wildman–Crippen LogP) is 0.391. The van der Waals surface area contributed by atoms with Crippen molar-refractivity contribution in [1.82, 2.24) is 5.48 Å². The average molecular weight is 296 g/mol. The van der Waals surface area contributed by atoms with Crippen LogP contribution in [0.1, 0.15) is 5.76 Å². The molecular formula is C7H9IN2O3. The van der Waals surface area contributed by atoms with E-state index in [2.05, 4.69) is 28.1 Å². The fourth-order valence-electron chi connectivity index (χ4n) is 0.691. The number of halogens is 1. The molecule has 0 atom stereocenters. The van der Waals surface area contributed by atoms with E-state index >= 15 is 0 Å². The summed E-state index contributed by atoms with van der Waals surface area (Å²) in [6.07, 6.45) is 0. The minimum absolute atomic E-state index is 0.141. The summed E-state index contributed by atoms with van der Waals surface area (Å²) in [5.41, 5.74) is 7.40. The molecule has 1 aromatic rings. The fraction of sp³-hybridized carbons (Fsp3) is 0.286. The Labute approximate surface area is 88.7 Å². The summed E-state index contributed by atoms with van der Waals surface area (Å²) in [5, 5.41) is 0. The van der Waals surface area contributed by atoms with Crippen LogP contribution in [-0.4, -0.2) is 12.5 Å². The molecule has 0 aromatic carbocycles. The minimum atomic E-state index is -0.512. The van der Waals surface area contributed by atoms with Crippen molar-refractivity contribution in [2.45, 2.75) is 6.54 Å². The number of furan rings is 1. The number of amides is 1. The molecule has 0 bridgehead atoms. The molecule has 1 rings (SSSR count). The quantitative estimate of drug-likeness (QED) is 0.468. The molecule has 0 saturated carbocycles. The number of carbonyl (C=O) groups excluding carboxylic acids is 1. The van der Waals surface area contributed by atoms with Gasteiger partial charge in [0.1, 0.15) is 12.4 Å². The highest BCUT2D eigenvalue weighted by Gasteiger charge is 1.99. The molecule has 1 amide bonds. The Kier molecular flexibility index (Phi) is 4.19. The van der Waals surface area contributed by atoms with Gasteiger partial charge in [0, 0.05) is 0 Å². The van der Waals surface area contributed by atoms with E-state index in [-0.39, 0.29) is 6.61 Å². The lowest BCUT2D eigenvalue weighted by Gasteiger charge is -2.00. The Balaban J connectivity index is 2.16. The highest BCUT2D eigenvalue weighted by molar-refractivity contribution is 14.1. The summed E-state index contributed by atoms with van der Waals surface area (Å²) in [6.45, 7) is 0.272. The Morgan fingerprint density at radius 2 is 2.46 bits per heavy atom. The van der Waals surface area contributed by atoms with E-state index in [0.29, 0.717) is 6.54 Å². The molecule has 13 heavy (non-hydrogen) atoms. The first-order valence-corrected chi connectivity index (χ1v) is 4.63. The first kappa shape index (κ1) is 10.5. The zero-order chi connectivity index (χ0) is 9.68. The lowest BCUT2D eigenvalue weighted by Crippen LogP contribution is -2.24. The maximum atomic E-state index is 10.2. The monoisotopic (exact) mass is 296 g/mol. The van der Waals surface area contributed by atoms with Crippen LogP contribution < -0.4 is 11.2 Å². The van der Waals surface area contributed by atoms with Crippen LogP contribution >= 0.6 is 22.6 Å². The average Bonchev–Trinajstić information content (AvgIpc) is 2.45. The molecule has 0 fully saturated rings. The van der Waals surface area contributed by atoms with Crippen molar-refractivity contribution in [3.63, 3.8) is 0 Å². The summed E-state index contributed by atoms with van der Waals surface area (Å²) >= 11 is 2.06. The van der Waals surface area contributed by atoms with Crippen molar-refractivity contribution in [2.75, 3.05) is 6.61 Å². The van der Waals surface area contributed by atoms with Crippen molar-refractivity contribution < 1.29 is 14.0 Å².